The Hall–Kier alpha value is -2.85. The molecule has 0 aromatic heterocycles. The molecule has 0 heterocycles. The fraction of sp³-hybridized carbons (Fsp3) is 0.0526. The van der Waals surface area contributed by atoms with Crippen LogP contribution in [-0.2, 0) is 6.18 Å². The van der Waals surface area contributed by atoms with Crippen LogP contribution in [0.25, 0.3) is 0 Å². The summed E-state index contributed by atoms with van der Waals surface area (Å²) in [6, 6.07) is 14.7. The summed E-state index contributed by atoms with van der Waals surface area (Å²) in [7, 11) is 0. The molecule has 5 nitrogen and oxygen atoms in total. The molecule has 0 radical (unpaired) electrons. The molecule has 0 saturated carbocycles. The molecule has 0 aliphatic heterocycles. The van der Waals surface area contributed by atoms with E-state index in [9.17, 15) is 23.3 Å². The van der Waals surface area contributed by atoms with Crippen molar-refractivity contribution in [1.29, 1.82) is 0 Å². The van der Waals surface area contributed by atoms with Crippen molar-refractivity contribution in [1.82, 2.24) is 0 Å². The molecule has 0 atom stereocenters. The number of nitrogen functional groups attached to an aromatic ring is 2. The molecule has 0 amide bonds. The van der Waals surface area contributed by atoms with Crippen molar-refractivity contribution >= 4 is 40.6 Å². The zero-order chi connectivity index (χ0) is 21.2. The Morgan fingerprint density at radius 3 is 1.83 bits per heavy atom. The zero-order valence-electron chi connectivity index (χ0n) is 14.6. The summed E-state index contributed by atoms with van der Waals surface area (Å²) >= 11 is 1.88. The first kappa shape index (κ1) is 20.9. The monoisotopic (exact) mass is 437 g/mol. The molecular formula is C19H14F3N3O2S2. The lowest BCUT2D eigenvalue weighted by Gasteiger charge is -2.15. The smallest absolute Gasteiger partial charge is 0.398 e. The van der Waals surface area contributed by atoms with Gasteiger partial charge in [0, 0.05) is 32.1 Å². The molecule has 10 heteroatoms. The van der Waals surface area contributed by atoms with Gasteiger partial charge >= 0.3 is 6.18 Å². The maximum Gasteiger partial charge on any atom is 0.416 e. The van der Waals surface area contributed by atoms with Gasteiger partial charge in [-0.25, -0.2) is 0 Å². The number of nitro benzene ring substituents is 1. The minimum absolute atomic E-state index is 0.0640. The SMILES string of the molecule is Nc1ccccc1Sc1cc(C(F)(F)F)cc([N+](=O)[O-])c1Sc1ccccc1N. The second-order valence-corrected chi connectivity index (χ2v) is 7.99. The maximum atomic E-state index is 13.4. The first-order valence-electron chi connectivity index (χ1n) is 8.11. The van der Waals surface area contributed by atoms with Gasteiger partial charge in [-0.1, -0.05) is 47.8 Å². The van der Waals surface area contributed by atoms with Crippen molar-refractivity contribution in [3.63, 3.8) is 0 Å². The van der Waals surface area contributed by atoms with Crippen LogP contribution in [0.3, 0.4) is 0 Å². The molecule has 3 rings (SSSR count). The van der Waals surface area contributed by atoms with Gasteiger partial charge in [-0.2, -0.15) is 13.2 Å². The molecule has 150 valence electrons. The highest BCUT2D eigenvalue weighted by molar-refractivity contribution is 8.02. The van der Waals surface area contributed by atoms with Gasteiger partial charge in [-0.3, -0.25) is 10.1 Å². The molecule has 0 spiro atoms. The lowest BCUT2D eigenvalue weighted by molar-refractivity contribution is -0.388. The van der Waals surface area contributed by atoms with E-state index in [-0.39, 0.29) is 9.79 Å². The van der Waals surface area contributed by atoms with Gasteiger partial charge in [-0.15, -0.1) is 0 Å². The van der Waals surface area contributed by atoms with Gasteiger partial charge in [0.2, 0.25) is 0 Å². The van der Waals surface area contributed by atoms with Crippen molar-refractivity contribution in [3.8, 4) is 0 Å². The minimum atomic E-state index is -4.74. The van der Waals surface area contributed by atoms with E-state index in [1.54, 1.807) is 48.5 Å². The molecule has 4 N–H and O–H groups in total. The number of halogens is 3. The highest BCUT2D eigenvalue weighted by Gasteiger charge is 2.35. The zero-order valence-corrected chi connectivity index (χ0v) is 16.3. The van der Waals surface area contributed by atoms with E-state index in [0.29, 0.717) is 27.2 Å². The summed E-state index contributed by atoms with van der Waals surface area (Å²) in [5, 5.41) is 11.6. The van der Waals surface area contributed by atoms with Gasteiger partial charge in [-0.05, 0) is 30.3 Å². The van der Waals surface area contributed by atoms with Crippen LogP contribution in [0, 0.1) is 10.1 Å². The number of hydrogen-bond acceptors (Lipinski definition) is 6. The van der Waals surface area contributed by atoms with Crippen molar-refractivity contribution in [2.75, 3.05) is 11.5 Å². The Kier molecular flexibility index (Phi) is 5.94. The van der Waals surface area contributed by atoms with Gasteiger partial charge in [0.25, 0.3) is 5.69 Å². The predicted octanol–water partition coefficient (Wildman–Crippen LogP) is 6.08. The van der Waals surface area contributed by atoms with Gasteiger partial charge in [0.1, 0.15) is 4.90 Å². The van der Waals surface area contributed by atoms with E-state index in [0.717, 1.165) is 29.6 Å². The van der Waals surface area contributed by atoms with Crippen LogP contribution in [-0.4, -0.2) is 4.92 Å². The van der Waals surface area contributed by atoms with E-state index >= 15 is 0 Å². The number of alkyl halides is 3. The molecule has 3 aromatic carbocycles. The molecule has 0 fully saturated rings. The molecule has 0 bridgehead atoms. The third-order valence-electron chi connectivity index (χ3n) is 3.83. The number of benzene rings is 3. The second-order valence-electron chi connectivity index (χ2n) is 5.86. The summed E-state index contributed by atoms with van der Waals surface area (Å²) < 4.78 is 40.1. The topological polar surface area (TPSA) is 95.2 Å². The van der Waals surface area contributed by atoms with Gasteiger partial charge in [0.15, 0.2) is 0 Å². The molecule has 0 aliphatic rings. The van der Waals surface area contributed by atoms with Gasteiger partial charge < -0.3 is 11.5 Å². The Labute approximate surface area is 172 Å². The minimum Gasteiger partial charge on any atom is -0.398 e. The quantitative estimate of drug-likeness (QED) is 0.285. The van der Waals surface area contributed by atoms with Crippen molar-refractivity contribution in [3.05, 3.63) is 76.3 Å². The summed E-state index contributed by atoms with van der Waals surface area (Å²) in [6.45, 7) is 0. The van der Waals surface area contributed by atoms with E-state index in [1.807, 2.05) is 0 Å². The van der Waals surface area contributed by atoms with Crippen LogP contribution >= 0.6 is 23.5 Å². The summed E-state index contributed by atoms with van der Waals surface area (Å²) in [5.41, 5.74) is 10.8. The normalized spacial score (nSPS) is 11.4. The lowest BCUT2D eigenvalue weighted by Crippen LogP contribution is -2.07. The van der Waals surface area contributed by atoms with Crippen LogP contribution in [0.4, 0.5) is 30.2 Å². The number of nitrogens with two attached hydrogens (primary N) is 2. The van der Waals surface area contributed by atoms with Gasteiger partial charge in [0.05, 0.1) is 10.5 Å². The summed E-state index contributed by atoms with van der Waals surface area (Å²) in [4.78, 5) is 11.9. The number of para-hydroxylation sites is 2. The van der Waals surface area contributed by atoms with E-state index in [1.165, 1.54) is 0 Å². The molecule has 29 heavy (non-hydrogen) atoms. The van der Waals surface area contributed by atoms with Crippen molar-refractivity contribution in [2.45, 2.75) is 25.8 Å². The van der Waals surface area contributed by atoms with Crippen molar-refractivity contribution in [2.24, 2.45) is 0 Å². The molecular weight excluding hydrogens is 423 g/mol. The third kappa shape index (κ3) is 4.77. The van der Waals surface area contributed by atoms with E-state index in [4.69, 9.17) is 11.5 Å². The van der Waals surface area contributed by atoms with E-state index in [2.05, 4.69) is 0 Å². The number of nitrogens with zero attached hydrogens (tertiary/aromatic N) is 1. The second kappa shape index (κ2) is 8.26. The highest BCUT2D eigenvalue weighted by atomic mass is 32.2. The fourth-order valence-corrected chi connectivity index (χ4v) is 4.59. The highest BCUT2D eigenvalue weighted by Crippen LogP contribution is 2.48. The molecule has 0 unspecified atom stereocenters. The predicted molar refractivity (Wildman–Crippen MR) is 108 cm³/mol. The lowest BCUT2D eigenvalue weighted by atomic mass is 10.2. The molecule has 0 aliphatic carbocycles. The standard InChI is InChI=1S/C19H14F3N3O2S2/c20-19(21,22)11-9-14(25(26)27)18(29-16-8-4-2-6-13(16)24)17(10-11)28-15-7-3-1-5-12(15)23/h1-10H,23-24H2. The Balaban J connectivity index is 2.21. The third-order valence-corrected chi connectivity index (χ3v) is 6.32. The van der Waals surface area contributed by atoms with Crippen LogP contribution in [0.2, 0.25) is 0 Å². The maximum absolute atomic E-state index is 13.4. The first-order chi connectivity index (χ1) is 13.7. The number of nitro groups is 1. The van der Waals surface area contributed by atoms with E-state index < -0.39 is 22.4 Å². The van der Waals surface area contributed by atoms with Crippen LogP contribution in [0.5, 0.6) is 0 Å². The van der Waals surface area contributed by atoms with Crippen molar-refractivity contribution < 1.29 is 18.1 Å². The largest absolute Gasteiger partial charge is 0.416 e. The average molecular weight is 437 g/mol. The number of rotatable bonds is 5. The Morgan fingerprint density at radius 2 is 1.34 bits per heavy atom. The van der Waals surface area contributed by atoms with Crippen LogP contribution < -0.4 is 11.5 Å². The van der Waals surface area contributed by atoms with Crippen LogP contribution in [0.1, 0.15) is 5.56 Å². The fourth-order valence-electron chi connectivity index (χ4n) is 2.44. The first-order valence-corrected chi connectivity index (χ1v) is 9.74. The van der Waals surface area contributed by atoms with Crippen LogP contribution in [0.15, 0.2) is 80.2 Å². The summed E-state index contributed by atoms with van der Waals surface area (Å²) in [6.07, 6.45) is -4.74. The Bertz CT molecular complexity index is 1070. The Morgan fingerprint density at radius 1 is 0.828 bits per heavy atom. The number of anilines is 2. The number of hydrogen-bond donors (Lipinski definition) is 2. The average Bonchev–Trinajstić information content (AvgIpc) is 2.65. The molecule has 3 aromatic rings. The molecule has 0 saturated heterocycles. The summed E-state index contributed by atoms with van der Waals surface area (Å²) in [5.74, 6) is 0.